The van der Waals surface area contributed by atoms with Crippen LogP contribution in [0.25, 0.3) is 21.7 Å². The van der Waals surface area contributed by atoms with E-state index in [0.717, 1.165) is 21.7 Å². The zero-order valence-electron chi connectivity index (χ0n) is 15.5. The van der Waals surface area contributed by atoms with Crippen molar-refractivity contribution < 1.29 is 18.7 Å². The van der Waals surface area contributed by atoms with E-state index >= 15 is 0 Å². The highest BCUT2D eigenvalue weighted by Crippen LogP contribution is 2.28. The van der Waals surface area contributed by atoms with Gasteiger partial charge in [-0.15, -0.1) is 11.3 Å². The highest BCUT2D eigenvalue weighted by atomic mass is 32.1. The van der Waals surface area contributed by atoms with E-state index < -0.39 is 5.97 Å². The molecule has 0 bridgehead atoms. The largest absolute Gasteiger partial charge is 0.460 e. The van der Waals surface area contributed by atoms with Crippen LogP contribution in [0.3, 0.4) is 0 Å². The summed E-state index contributed by atoms with van der Waals surface area (Å²) in [6.45, 7) is 1.53. The second-order valence-electron chi connectivity index (χ2n) is 6.45. The summed E-state index contributed by atoms with van der Waals surface area (Å²) in [5.74, 6) is 0.0692. The van der Waals surface area contributed by atoms with Crippen molar-refractivity contribution in [2.75, 3.05) is 11.9 Å². The number of ether oxygens (including phenoxy) is 1. The van der Waals surface area contributed by atoms with E-state index in [1.165, 1.54) is 23.2 Å². The predicted molar refractivity (Wildman–Crippen MR) is 108 cm³/mol. The van der Waals surface area contributed by atoms with Crippen LogP contribution in [0.1, 0.15) is 18.4 Å². The van der Waals surface area contributed by atoms with Gasteiger partial charge in [0.2, 0.25) is 5.91 Å². The van der Waals surface area contributed by atoms with Crippen molar-refractivity contribution in [3.05, 3.63) is 59.3 Å². The Morgan fingerprint density at radius 3 is 2.82 bits per heavy atom. The van der Waals surface area contributed by atoms with Gasteiger partial charge in [0.15, 0.2) is 5.13 Å². The lowest BCUT2D eigenvalue weighted by Crippen LogP contribution is -2.22. The van der Waals surface area contributed by atoms with Gasteiger partial charge in [-0.25, -0.2) is 4.98 Å². The number of aromatic nitrogens is 1. The van der Waals surface area contributed by atoms with Gasteiger partial charge < -0.3 is 9.15 Å². The van der Waals surface area contributed by atoms with Crippen molar-refractivity contribution in [3.8, 4) is 0 Å². The molecule has 2 aromatic heterocycles. The first-order valence-electron chi connectivity index (χ1n) is 8.76. The maximum atomic E-state index is 12.2. The molecule has 2 heterocycles. The van der Waals surface area contributed by atoms with Gasteiger partial charge in [0, 0.05) is 24.7 Å². The third-order valence-corrected chi connectivity index (χ3v) is 5.44. The fourth-order valence-electron chi connectivity index (χ4n) is 2.93. The van der Waals surface area contributed by atoms with Gasteiger partial charge in [0.05, 0.1) is 5.69 Å². The summed E-state index contributed by atoms with van der Waals surface area (Å²) in [6.07, 6.45) is 0.0490. The lowest BCUT2D eigenvalue weighted by atomic mass is 10.1. The van der Waals surface area contributed by atoms with E-state index in [-0.39, 0.29) is 18.9 Å². The summed E-state index contributed by atoms with van der Waals surface area (Å²) in [5, 5.41) is 5.54. The molecule has 0 aliphatic heterocycles. The summed E-state index contributed by atoms with van der Waals surface area (Å²) < 4.78 is 11.1. The van der Waals surface area contributed by atoms with Gasteiger partial charge in [-0.3, -0.25) is 14.5 Å². The number of hydrogen-bond donors (Lipinski definition) is 0. The summed E-state index contributed by atoms with van der Waals surface area (Å²) in [6, 6.07) is 13.9. The fourth-order valence-corrected chi connectivity index (χ4v) is 3.75. The van der Waals surface area contributed by atoms with Crippen molar-refractivity contribution in [2.24, 2.45) is 0 Å². The summed E-state index contributed by atoms with van der Waals surface area (Å²) in [7, 11) is 1.65. The maximum Gasteiger partial charge on any atom is 0.313 e. The Bertz CT molecular complexity index is 1180. The minimum atomic E-state index is -0.391. The predicted octanol–water partition coefficient (Wildman–Crippen LogP) is 4.31. The van der Waals surface area contributed by atoms with Crippen molar-refractivity contribution in [2.45, 2.75) is 20.0 Å². The fraction of sp³-hybridized carbons (Fsp3) is 0.190. The molecule has 6 nitrogen and oxygen atoms in total. The number of carbonyl (C=O) groups is 2. The molecule has 0 fully saturated rings. The van der Waals surface area contributed by atoms with Crippen LogP contribution in [0.2, 0.25) is 0 Å². The Morgan fingerprint density at radius 1 is 1.18 bits per heavy atom. The highest BCUT2D eigenvalue weighted by molar-refractivity contribution is 7.14. The molecule has 0 unspecified atom stereocenters. The zero-order valence-corrected chi connectivity index (χ0v) is 16.3. The number of furan rings is 1. The van der Waals surface area contributed by atoms with E-state index in [0.29, 0.717) is 16.6 Å². The molecule has 0 spiro atoms. The number of benzene rings is 2. The third-order valence-electron chi connectivity index (χ3n) is 4.48. The second-order valence-corrected chi connectivity index (χ2v) is 7.28. The van der Waals surface area contributed by atoms with Crippen LogP contribution in [0, 0.1) is 0 Å². The molecular weight excluding hydrogens is 376 g/mol. The molecular formula is C21H18N2O4S. The Labute approximate surface area is 165 Å². The van der Waals surface area contributed by atoms with Crippen LogP contribution in [0.4, 0.5) is 5.13 Å². The molecule has 0 aliphatic rings. The molecule has 4 aromatic rings. The van der Waals surface area contributed by atoms with Crippen LogP contribution in [-0.2, 0) is 27.4 Å². The SMILES string of the molecule is CC(=O)N(C)c1nc(COC(=O)Cc2cc3c(ccc4ccccc43)o2)cs1. The average Bonchev–Trinajstić information content (AvgIpc) is 3.32. The number of hydrogen-bond acceptors (Lipinski definition) is 6. The number of fused-ring (bicyclic) bond motifs is 3. The Balaban J connectivity index is 1.43. The first-order chi connectivity index (χ1) is 13.5. The first kappa shape index (κ1) is 18.2. The molecule has 2 aromatic carbocycles. The highest BCUT2D eigenvalue weighted by Gasteiger charge is 2.14. The molecule has 0 aliphatic carbocycles. The Morgan fingerprint density at radius 2 is 2.00 bits per heavy atom. The summed E-state index contributed by atoms with van der Waals surface area (Å²) in [4.78, 5) is 29.3. The molecule has 1 amide bonds. The Kier molecular flexibility index (Phi) is 4.83. The van der Waals surface area contributed by atoms with E-state index in [9.17, 15) is 9.59 Å². The summed E-state index contributed by atoms with van der Waals surface area (Å²) in [5.41, 5.74) is 1.36. The van der Waals surface area contributed by atoms with Gasteiger partial charge in [0.1, 0.15) is 24.4 Å². The maximum absolute atomic E-state index is 12.2. The molecule has 0 radical (unpaired) electrons. The molecule has 4 rings (SSSR count). The average molecular weight is 394 g/mol. The van der Waals surface area contributed by atoms with Crippen molar-refractivity contribution in [3.63, 3.8) is 0 Å². The standard InChI is InChI=1S/C21H18N2O4S/c1-13(24)23(2)21-22-15(12-28-21)11-26-20(25)10-16-9-18-17-6-4-3-5-14(17)7-8-19(18)27-16/h3-9,12H,10-11H2,1-2H3. The van der Waals surface area contributed by atoms with Gasteiger partial charge in [0.25, 0.3) is 0 Å². The molecule has 0 saturated carbocycles. The van der Waals surface area contributed by atoms with Crippen LogP contribution in [0.15, 0.2) is 52.3 Å². The molecule has 0 saturated heterocycles. The van der Waals surface area contributed by atoms with Gasteiger partial charge in [-0.05, 0) is 22.9 Å². The van der Waals surface area contributed by atoms with E-state index in [4.69, 9.17) is 9.15 Å². The normalized spacial score (nSPS) is 11.1. The molecule has 28 heavy (non-hydrogen) atoms. The van der Waals surface area contributed by atoms with Crippen LogP contribution in [0.5, 0.6) is 0 Å². The monoisotopic (exact) mass is 394 g/mol. The molecule has 7 heteroatoms. The van der Waals surface area contributed by atoms with E-state index in [2.05, 4.69) is 4.98 Å². The topological polar surface area (TPSA) is 72.6 Å². The zero-order chi connectivity index (χ0) is 19.7. The van der Waals surface area contributed by atoms with Crippen LogP contribution >= 0.6 is 11.3 Å². The van der Waals surface area contributed by atoms with Gasteiger partial charge >= 0.3 is 5.97 Å². The van der Waals surface area contributed by atoms with Crippen LogP contribution in [-0.4, -0.2) is 23.9 Å². The smallest absolute Gasteiger partial charge is 0.313 e. The van der Waals surface area contributed by atoms with E-state index in [1.807, 2.05) is 42.5 Å². The molecule has 0 N–H and O–H groups in total. The number of amides is 1. The minimum absolute atomic E-state index is 0.0490. The van der Waals surface area contributed by atoms with Crippen LogP contribution < -0.4 is 4.90 Å². The number of carbonyl (C=O) groups excluding carboxylic acids is 2. The van der Waals surface area contributed by atoms with Crippen molar-refractivity contribution in [1.82, 2.24) is 4.98 Å². The minimum Gasteiger partial charge on any atom is -0.460 e. The van der Waals surface area contributed by atoms with E-state index in [1.54, 1.807) is 12.4 Å². The molecule has 142 valence electrons. The van der Waals surface area contributed by atoms with Crippen molar-refractivity contribution in [1.29, 1.82) is 0 Å². The Hall–Kier alpha value is -3.19. The first-order valence-corrected chi connectivity index (χ1v) is 9.64. The quantitative estimate of drug-likeness (QED) is 0.472. The number of anilines is 1. The van der Waals surface area contributed by atoms with Gasteiger partial charge in [-0.2, -0.15) is 0 Å². The lowest BCUT2D eigenvalue weighted by molar-refractivity contribution is -0.144. The number of rotatable bonds is 5. The van der Waals surface area contributed by atoms with Gasteiger partial charge in [-0.1, -0.05) is 30.3 Å². The van der Waals surface area contributed by atoms with Crippen molar-refractivity contribution >= 4 is 50.1 Å². The number of nitrogens with zero attached hydrogens (tertiary/aromatic N) is 2. The molecule has 0 atom stereocenters. The summed E-state index contributed by atoms with van der Waals surface area (Å²) >= 11 is 1.33. The third kappa shape index (κ3) is 3.61. The lowest BCUT2D eigenvalue weighted by Gasteiger charge is -2.09. The second kappa shape index (κ2) is 7.44. The number of esters is 1. The number of thiazole rings is 1.